The van der Waals surface area contributed by atoms with Crippen molar-refractivity contribution in [3.05, 3.63) is 59.7 Å². The molecular formula is C48H68N10O13S. The molecule has 12 N–H and O–H groups in total. The predicted molar refractivity (Wildman–Crippen MR) is 263 cm³/mol. The first kappa shape index (κ1) is 57.6. The number of carbonyl (C=O) groups is 10. The third-order valence-corrected chi connectivity index (χ3v) is 13.1. The Morgan fingerprint density at radius 1 is 0.667 bits per heavy atom. The molecule has 0 unspecified atom stereocenters. The van der Waals surface area contributed by atoms with Crippen LogP contribution in [0.15, 0.2) is 48.5 Å². The molecule has 0 bridgehead atoms. The summed E-state index contributed by atoms with van der Waals surface area (Å²) in [7, 11) is 0. The Balaban J connectivity index is 1.42. The third kappa shape index (κ3) is 17.1. The number of phenolic OH excluding ortho intramolecular Hbond substituents is 2. The van der Waals surface area contributed by atoms with Crippen molar-refractivity contribution in [2.45, 2.75) is 114 Å². The SMILES string of the molecule is CC[C@H](C)[C@H](NC(=O)CNC(=O)[C@@H]1CCCN1C(=O)[C@H](Cc1ccc(O)cc1)NC(=O)[C@@H]1CCCN1C(=O)[C@H](CO)NC(=O)[C@H](CCSC)NC(=O)CNC(=O)[C@H](Cc1ccc(O)cc1)NC(C)=O)C(N)=O. The van der Waals surface area contributed by atoms with Gasteiger partial charge in [-0.05, 0) is 85.4 Å². The van der Waals surface area contributed by atoms with Crippen molar-refractivity contribution in [2.24, 2.45) is 11.7 Å². The molecule has 8 atom stereocenters. The van der Waals surface area contributed by atoms with Crippen LogP contribution in [-0.4, -0.2) is 171 Å². The highest BCUT2D eigenvalue weighted by Crippen LogP contribution is 2.23. The van der Waals surface area contributed by atoms with Gasteiger partial charge in [-0.3, -0.25) is 47.9 Å². The van der Waals surface area contributed by atoms with Gasteiger partial charge in [0.1, 0.15) is 53.8 Å². The molecule has 2 fully saturated rings. The number of hydrogen-bond donors (Lipinski definition) is 11. The number of thioether (sulfide) groups is 1. The highest BCUT2D eigenvalue weighted by Gasteiger charge is 2.42. The topological polar surface area (TPSA) is 348 Å². The van der Waals surface area contributed by atoms with Gasteiger partial charge in [0.2, 0.25) is 59.1 Å². The molecule has 24 heteroatoms. The highest BCUT2D eigenvalue weighted by molar-refractivity contribution is 7.98. The fraction of sp³-hybridized carbons (Fsp3) is 0.542. The minimum Gasteiger partial charge on any atom is -0.508 e. The largest absolute Gasteiger partial charge is 0.508 e. The summed E-state index contributed by atoms with van der Waals surface area (Å²) in [5.41, 5.74) is 6.63. The van der Waals surface area contributed by atoms with E-state index in [1.54, 1.807) is 37.4 Å². The molecule has 2 aromatic rings. The second-order valence-electron chi connectivity index (χ2n) is 17.8. The molecule has 2 saturated heterocycles. The molecule has 10 amide bonds. The number of nitrogens with one attached hydrogen (secondary N) is 7. The lowest BCUT2D eigenvalue weighted by molar-refractivity contribution is -0.145. The number of aromatic hydroxyl groups is 2. The first-order chi connectivity index (χ1) is 34.3. The van der Waals surface area contributed by atoms with E-state index >= 15 is 0 Å². The van der Waals surface area contributed by atoms with E-state index in [-0.39, 0.29) is 62.6 Å². The van der Waals surface area contributed by atoms with Crippen molar-refractivity contribution in [3.8, 4) is 11.5 Å². The quantitative estimate of drug-likeness (QED) is 0.0478. The molecule has 2 aromatic carbocycles. The standard InChI is InChI=1S/C48H68N10O13S/c1-5-27(2)41(42(49)65)56-40(64)25-51-45(68)37-8-6-19-57(37)47(70)35(23-30-12-16-32(62)17-13-30)54-46(69)38-9-7-20-58(38)48(71)36(26-59)55-44(67)33(18-21-72-4)53-39(63)24-50-43(66)34(52-28(3)60)22-29-10-14-31(61)15-11-29/h10-17,27,33-38,41,59,61-62H,5-9,18-26H2,1-4H3,(H2,49,65)(H,50,66)(H,51,68)(H,52,60)(H,53,63)(H,54,69)(H,55,67)(H,56,64)/t27-,33-,34-,35-,36-,37-,38-,41-/m0/s1. The molecule has 0 saturated carbocycles. The van der Waals surface area contributed by atoms with Crippen LogP contribution in [0.3, 0.4) is 0 Å². The van der Waals surface area contributed by atoms with Gasteiger partial charge in [0.05, 0.1) is 19.7 Å². The maximum absolute atomic E-state index is 14.4. The second-order valence-corrected chi connectivity index (χ2v) is 18.8. The van der Waals surface area contributed by atoms with E-state index in [1.807, 2.05) is 6.92 Å². The molecule has 2 aliphatic heterocycles. The maximum atomic E-state index is 14.4. The van der Waals surface area contributed by atoms with Crippen LogP contribution >= 0.6 is 11.8 Å². The van der Waals surface area contributed by atoms with E-state index in [4.69, 9.17) is 5.73 Å². The highest BCUT2D eigenvalue weighted by atomic mass is 32.2. The predicted octanol–water partition coefficient (Wildman–Crippen LogP) is -2.18. The first-order valence-electron chi connectivity index (χ1n) is 23.8. The number of nitrogens with two attached hydrogens (primary N) is 1. The van der Waals surface area contributed by atoms with Gasteiger partial charge in [0.15, 0.2) is 0 Å². The van der Waals surface area contributed by atoms with Gasteiger partial charge in [0.25, 0.3) is 0 Å². The van der Waals surface area contributed by atoms with Crippen molar-refractivity contribution in [1.29, 1.82) is 0 Å². The van der Waals surface area contributed by atoms with E-state index in [0.29, 0.717) is 36.1 Å². The molecule has 0 aliphatic carbocycles. The number of aliphatic hydroxyl groups excluding tert-OH is 1. The molecule has 4 rings (SSSR count). The van der Waals surface area contributed by atoms with Gasteiger partial charge < -0.3 is 68.1 Å². The zero-order chi connectivity index (χ0) is 53.1. The van der Waals surface area contributed by atoms with Crippen molar-refractivity contribution in [3.63, 3.8) is 0 Å². The van der Waals surface area contributed by atoms with Crippen molar-refractivity contribution in [1.82, 2.24) is 47.0 Å². The average molecular weight is 1030 g/mol. The number of nitrogens with zero attached hydrogens (tertiary/aromatic N) is 2. The minimum atomic E-state index is -1.56. The summed E-state index contributed by atoms with van der Waals surface area (Å²) < 4.78 is 0. The summed E-state index contributed by atoms with van der Waals surface area (Å²) in [5.74, 6) is -6.85. The van der Waals surface area contributed by atoms with Crippen LogP contribution in [-0.2, 0) is 60.8 Å². The second kappa shape index (κ2) is 28.2. The zero-order valence-corrected chi connectivity index (χ0v) is 41.8. The smallest absolute Gasteiger partial charge is 0.248 e. The molecule has 394 valence electrons. The van der Waals surface area contributed by atoms with E-state index < -0.39 is 121 Å². The fourth-order valence-electron chi connectivity index (χ4n) is 8.40. The van der Waals surface area contributed by atoms with Gasteiger partial charge in [-0.25, -0.2) is 0 Å². The number of benzene rings is 2. The third-order valence-electron chi connectivity index (χ3n) is 12.5. The van der Waals surface area contributed by atoms with Crippen LogP contribution in [0.25, 0.3) is 0 Å². The number of amides is 10. The normalized spacial score (nSPS) is 17.7. The zero-order valence-electron chi connectivity index (χ0n) is 40.9. The van der Waals surface area contributed by atoms with E-state index in [9.17, 15) is 63.3 Å². The number of likely N-dealkylation sites (tertiary alicyclic amines) is 2. The summed E-state index contributed by atoms with van der Waals surface area (Å²) in [5, 5.41) is 47.8. The van der Waals surface area contributed by atoms with Gasteiger partial charge in [0, 0.05) is 32.9 Å². The molecule has 0 radical (unpaired) electrons. The Bertz CT molecular complexity index is 2250. The van der Waals surface area contributed by atoms with Crippen molar-refractivity contribution >= 4 is 70.8 Å². The summed E-state index contributed by atoms with van der Waals surface area (Å²) in [6.45, 7) is 3.04. The lowest BCUT2D eigenvalue weighted by Crippen LogP contribution is -2.60. The number of phenols is 2. The molecule has 2 heterocycles. The number of carbonyl (C=O) groups excluding carboxylic acids is 10. The number of hydrogen-bond acceptors (Lipinski definition) is 14. The average Bonchev–Trinajstić information content (AvgIpc) is 4.06. The Morgan fingerprint density at radius 2 is 1.18 bits per heavy atom. The van der Waals surface area contributed by atoms with E-state index in [0.717, 1.165) is 0 Å². The molecule has 0 spiro atoms. The Labute approximate surface area is 421 Å². The van der Waals surface area contributed by atoms with Crippen LogP contribution in [0.1, 0.15) is 70.4 Å². The van der Waals surface area contributed by atoms with Crippen LogP contribution < -0.4 is 43.0 Å². The number of rotatable bonds is 26. The Hall–Kier alpha value is -6.95. The van der Waals surface area contributed by atoms with Crippen LogP contribution in [0.5, 0.6) is 11.5 Å². The van der Waals surface area contributed by atoms with Crippen LogP contribution in [0, 0.1) is 5.92 Å². The molecule has 2 aliphatic rings. The Morgan fingerprint density at radius 3 is 1.69 bits per heavy atom. The van der Waals surface area contributed by atoms with Gasteiger partial charge in [-0.1, -0.05) is 44.5 Å². The van der Waals surface area contributed by atoms with E-state index in [2.05, 4.69) is 37.2 Å². The summed E-state index contributed by atoms with van der Waals surface area (Å²) in [6.07, 6.45) is 3.56. The lowest BCUT2D eigenvalue weighted by atomic mass is 9.98. The van der Waals surface area contributed by atoms with Gasteiger partial charge in [-0.2, -0.15) is 11.8 Å². The van der Waals surface area contributed by atoms with Crippen molar-refractivity contribution in [2.75, 3.05) is 44.8 Å². The lowest BCUT2D eigenvalue weighted by Gasteiger charge is -2.32. The summed E-state index contributed by atoms with van der Waals surface area (Å²) >= 11 is 1.37. The fourth-order valence-corrected chi connectivity index (χ4v) is 8.87. The van der Waals surface area contributed by atoms with Crippen LogP contribution in [0.2, 0.25) is 0 Å². The van der Waals surface area contributed by atoms with Crippen molar-refractivity contribution < 1.29 is 63.3 Å². The van der Waals surface area contributed by atoms with Gasteiger partial charge >= 0.3 is 0 Å². The summed E-state index contributed by atoms with van der Waals surface area (Å²) in [4.78, 5) is 135. The van der Waals surface area contributed by atoms with Crippen LogP contribution in [0.4, 0.5) is 0 Å². The molecule has 23 nitrogen and oxygen atoms in total. The molecule has 0 aromatic heterocycles. The molecule has 72 heavy (non-hydrogen) atoms. The van der Waals surface area contributed by atoms with E-state index in [1.165, 1.54) is 52.8 Å². The number of primary amides is 1. The monoisotopic (exact) mass is 1020 g/mol. The minimum absolute atomic E-state index is 0.0117. The Kier molecular flexibility index (Phi) is 22.6. The maximum Gasteiger partial charge on any atom is 0.248 e. The summed E-state index contributed by atoms with van der Waals surface area (Å²) in [6, 6.07) is 3.66. The van der Waals surface area contributed by atoms with Gasteiger partial charge in [-0.15, -0.1) is 0 Å². The number of aliphatic hydroxyl groups is 1. The first-order valence-corrected chi connectivity index (χ1v) is 25.2. The molecular weight excluding hydrogens is 957 g/mol.